The molecule has 0 fully saturated rings. The lowest BCUT2D eigenvalue weighted by atomic mass is 10.3. The number of nitrogens with zero attached hydrogens (tertiary/aromatic N) is 2. The molecule has 9 heteroatoms. The van der Waals surface area contributed by atoms with Crippen molar-refractivity contribution < 1.29 is 17.5 Å². The Morgan fingerprint density at radius 1 is 1.21 bits per heavy atom. The summed E-state index contributed by atoms with van der Waals surface area (Å²) < 4.78 is 36.8. The molecule has 2 aromatic heterocycles. The summed E-state index contributed by atoms with van der Waals surface area (Å²) in [5, 5.41) is 2.26. The summed E-state index contributed by atoms with van der Waals surface area (Å²) in [5.74, 6) is -0.341. The van der Waals surface area contributed by atoms with E-state index in [9.17, 15) is 13.0 Å². The molecule has 0 radical (unpaired) electrons. The van der Waals surface area contributed by atoms with E-state index in [0.29, 0.717) is 13.0 Å². The van der Waals surface area contributed by atoms with Crippen LogP contribution in [-0.4, -0.2) is 25.3 Å². The highest BCUT2D eigenvalue weighted by Gasteiger charge is 2.28. The van der Waals surface area contributed by atoms with Crippen molar-refractivity contribution in [1.29, 1.82) is 0 Å². The maximum Gasteiger partial charge on any atom is 0.280 e. The highest BCUT2D eigenvalue weighted by molar-refractivity contribution is 8.03. The quantitative estimate of drug-likeness (QED) is 0.388. The Bertz CT molecular complexity index is 1210. The molecule has 1 aromatic carbocycles. The number of rotatable bonds is 6. The minimum atomic E-state index is -4.20. The Morgan fingerprint density at radius 2 is 1.97 bits per heavy atom. The first-order chi connectivity index (χ1) is 13.8. The van der Waals surface area contributed by atoms with Gasteiger partial charge in [-0.05, 0) is 44.9 Å². The molecule has 0 amide bonds. The fourth-order valence-corrected chi connectivity index (χ4v) is 7.85. The molecule has 0 N–H and O–H groups in total. The lowest BCUT2D eigenvalue weighted by Gasteiger charge is -2.20. The fraction of sp³-hybridized carbons (Fsp3) is 0.350. The molecule has 1 aliphatic heterocycles. The molecule has 1 aliphatic rings. The fourth-order valence-electron chi connectivity index (χ4n) is 3.45. The first-order valence-electron chi connectivity index (χ1n) is 9.40. The van der Waals surface area contributed by atoms with E-state index in [-0.39, 0.29) is 5.75 Å². The van der Waals surface area contributed by atoms with E-state index >= 15 is 0 Å². The number of anilines is 1. The predicted molar refractivity (Wildman–Crippen MR) is 122 cm³/mol. The highest BCUT2D eigenvalue weighted by Crippen LogP contribution is 2.47. The summed E-state index contributed by atoms with van der Waals surface area (Å²) in [6, 6.07) is 8.11. The number of aromatic nitrogens is 1. The van der Waals surface area contributed by atoms with Gasteiger partial charge in [-0.2, -0.15) is 4.57 Å². The third-order valence-corrected chi connectivity index (χ3v) is 9.52. The van der Waals surface area contributed by atoms with E-state index in [1.807, 2.05) is 29.5 Å². The maximum atomic E-state index is 11.0. The van der Waals surface area contributed by atoms with Crippen LogP contribution in [0.15, 0.2) is 34.2 Å². The second kappa shape index (κ2) is 8.03. The van der Waals surface area contributed by atoms with Gasteiger partial charge < -0.3 is 9.45 Å². The van der Waals surface area contributed by atoms with E-state index in [4.69, 9.17) is 0 Å². The van der Waals surface area contributed by atoms with Gasteiger partial charge in [-0.25, -0.2) is 8.42 Å². The summed E-state index contributed by atoms with van der Waals surface area (Å²) in [6.45, 7) is 7.90. The molecular weight excluding hydrogens is 444 g/mol. The van der Waals surface area contributed by atoms with Crippen LogP contribution in [0.25, 0.3) is 15.6 Å². The lowest BCUT2D eigenvalue weighted by Crippen LogP contribution is -2.33. The molecule has 154 valence electrons. The van der Waals surface area contributed by atoms with Crippen LogP contribution >= 0.6 is 34.4 Å². The van der Waals surface area contributed by atoms with Crippen LogP contribution in [-0.2, 0) is 16.7 Å². The average molecular weight is 467 g/mol. The third kappa shape index (κ3) is 4.11. The second-order valence-electron chi connectivity index (χ2n) is 6.92. The van der Waals surface area contributed by atoms with E-state index < -0.39 is 10.1 Å². The van der Waals surface area contributed by atoms with Crippen LogP contribution < -0.4 is 9.47 Å². The minimum absolute atomic E-state index is 0.309. The first-order valence-corrected chi connectivity index (χ1v) is 13.4. The molecule has 0 spiro atoms. The van der Waals surface area contributed by atoms with Crippen molar-refractivity contribution in [3.63, 3.8) is 0 Å². The number of para-hydroxylation sites is 1. The van der Waals surface area contributed by atoms with Crippen molar-refractivity contribution in [1.82, 2.24) is 0 Å². The SMILES string of the molecule is CC[n+]1c(/C=C2\Sc3ccccc3N2CCCS(=O)(=O)[O-])sc2c(C)c(C)sc21. The van der Waals surface area contributed by atoms with Crippen molar-refractivity contribution in [2.75, 3.05) is 17.2 Å². The second-order valence-corrected chi connectivity index (χ2v) is 11.7. The number of thiophene rings is 1. The largest absolute Gasteiger partial charge is 0.748 e. The van der Waals surface area contributed by atoms with Gasteiger partial charge in [0.15, 0.2) is 0 Å². The van der Waals surface area contributed by atoms with Crippen molar-refractivity contribution in [3.8, 4) is 0 Å². The van der Waals surface area contributed by atoms with E-state index in [1.165, 1.54) is 25.0 Å². The van der Waals surface area contributed by atoms with Crippen LogP contribution in [0.1, 0.15) is 28.8 Å². The number of fused-ring (bicyclic) bond motifs is 2. The zero-order chi connectivity index (χ0) is 20.8. The first kappa shape index (κ1) is 20.9. The van der Waals surface area contributed by atoms with E-state index in [2.05, 4.69) is 42.4 Å². The molecular formula is C20H22N2O3S4. The highest BCUT2D eigenvalue weighted by atomic mass is 32.2. The van der Waals surface area contributed by atoms with Gasteiger partial charge in [0.05, 0.1) is 26.9 Å². The number of aryl methyl sites for hydroxylation is 3. The van der Waals surface area contributed by atoms with Crippen molar-refractivity contribution >= 4 is 65.8 Å². The Labute approximate surface area is 183 Å². The molecule has 0 unspecified atom stereocenters. The monoisotopic (exact) mass is 466 g/mol. The van der Waals surface area contributed by atoms with E-state index in [0.717, 1.165) is 22.2 Å². The van der Waals surface area contributed by atoms with Gasteiger partial charge in [0.1, 0.15) is 11.2 Å². The lowest BCUT2D eigenvalue weighted by molar-refractivity contribution is -0.663. The molecule has 0 bridgehead atoms. The Balaban J connectivity index is 1.72. The predicted octanol–water partition coefficient (Wildman–Crippen LogP) is 4.73. The van der Waals surface area contributed by atoms with Gasteiger partial charge >= 0.3 is 0 Å². The standard InChI is InChI=1S/C20H22N2O3S4/c1-4-21-17(28-19-13(2)14(3)26-20(19)21)12-18-22(10-7-11-29(23,24)25)15-8-5-6-9-16(15)27-18/h5-6,8-9,12H,4,7,10-11H2,1-3H3. The molecule has 4 rings (SSSR count). The van der Waals surface area contributed by atoms with Crippen LogP contribution in [0.3, 0.4) is 0 Å². The molecule has 5 nitrogen and oxygen atoms in total. The molecule has 3 aromatic rings. The minimum Gasteiger partial charge on any atom is -0.748 e. The van der Waals surface area contributed by atoms with Crippen molar-refractivity contribution in [3.05, 3.63) is 44.7 Å². The summed E-state index contributed by atoms with van der Waals surface area (Å²) >= 11 is 5.33. The maximum absolute atomic E-state index is 11.0. The molecule has 0 atom stereocenters. The number of hydrogen-bond donors (Lipinski definition) is 0. The third-order valence-electron chi connectivity index (χ3n) is 5.01. The van der Waals surface area contributed by atoms with Gasteiger partial charge in [0.2, 0.25) is 0 Å². The molecule has 3 heterocycles. The molecule has 0 saturated carbocycles. The Hall–Kier alpha value is -1.39. The van der Waals surface area contributed by atoms with Crippen LogP contribution in [0.2, 0.25) is 0 Å². The van der Waals surface area contributed by atoms with Gasteiger partial charge in [0.25, 0.3) is 9.84 Å². The zero-order valence-electron chi connectivity index (χ0n) is 16.5. The number of thioether (sulfide) groups is 1. The zero-order valence-corrected chi connectivity index (χ0v) is 19.7. The number of benzene rings is 1. The number of hydrogen-bond acceptors (Lipinski definition) is 7. The van der Waals surface area contributed by atoms with Gasteiger partial charge in [-0.1, -0.05) is 46.6 Å². The topological polar surface area (TPSA) is 64.3 Å². The normalized spacial score (nSPS) is 15.6. The van der Waals surface area contributed by atoms with Gasteiger partial charge in [0, 0.05) is 22.1 Å². The molecule has 0 saturated heterocycles. The Morgan fingerprint density at radius 3 is 2.69 bits per heavy atom. The smallest absolute Gasteiger partial charge is 0.280 e. The molecule has 0 aliphatic carbocycles. The summed E-state index contributed by atoms with van der Waals surface area (Å²) in [4.78, 5) is 5.95. The van der Waals surface area contributed by atoms with Crippen molar-refractivity contribution in [2.45, 2.75) is 38.6 Å². The summed E-state index contributed by atoms with van der Waals surface area (Å²) in [7, 11) is -4.20. The van der Waals surface area contributed by atoms with E-state index in [1.54, 1.807) is 23.1 Å². The van der Waals surface area contributed by atoms with Crippen molar-refractivity contribution in [2.24, 2.45) is 0 Å². The van der Waals surface area contributed by atoms with Crippen LogP contribution in [0.4, 0.5) is 5.69 Å². The average Bonchev–Trinajstić information content (AvgIpc) is 3.26. The summed E-state index contributed by atoms with van der Waals surface area (Å²) in [6.07, 6.45) is 2.51. The van der Waals surface area contributed by atoms with Crippen LogP contribution in [0, 0.1) is 13.8 Å². The summed E-state index contributed by atoms with van der Waals surface area (Å²) in [5.41, 5.74) is 2.42. The number of thiazole rings is 1. The van der Waals surface area contributed by atoms with Gasteiger partial charge in [-0.3, -0.25) is 0 Å². The van der Waals surface area contributed by atoms with Gasteiger partial charge in [-0.15, -0.1) is 0 Å². The molecule has 29 heavy (non-hydrogen) atoms. The Kier molecular flexibility index (Phi) is 5.78. The van der Waals surface area contributed by atoms with Crippen LogP contribution in [0.5, 0.6) is 0 Å².